The third-order valence-electron chi connectivity index (χ3n) is 1.50. The number of aromatic nitrogens is 4. The van der Waals surface area contributed by atoms with E-state index in [0.29, 0.717) is 12.4 Å². The molecule has 2 rings (SSSR count). The van der Waals surface area contributed by atoms with Crippen LogP contribution in [-0.2, 0) is 6.67 Å². The average molecular weight is 163 g/mol. The fourth-order valence-corrected chi connectivity index (χ4v) is 0.989. The molecule has 2 heterocycles. The molecular weight excluding hydrogens is 154 g/mol. The second-order valence-corrected chi connectivity index (χ2v) is 2.50. The van der Waals surface area contributed by atoms with Crippen LogP contribution >= 0.6 is 0 Å². The summed E-state index contributed by atoms with van der Waals surface area (Å²) < 4.78 is 3.49. The number of nitrogens with two attached hydrogens (primary N) is 1. The van der Waals surface area contributed by atoms with Crippen molar-refractivity contribution in [1.82, 2.24) is 19.6 Å². The summed E-state index contributed by atoms with van der Waals surface area (Å²) in [6.45, 7) is 0.601. The van der Waals surface area contributed by atoms with Crippen LogP contribution in [0, 0.1) is 0 Å². The number of nitrogen functional groups attached to an aromatic ring is 1. The number of nitrogens with zero attached hydrogens (tertiary/aromatic N) is 4. The normalized spacial score (nSPS) is 10.3. The van der Waals surface area contributed by atoms with E-state index in [4.69, 9.17) is 5.73 Å². The van der Waals surface area contributed by atoms with Crippen molar-refractivity contribution in [2.75, 3.05) is 5.73 Å². The first-order chi connectivity index (χ1) is 5.84. The zero-order valence-electron chi connectivity index (χ0n) is 6.46. The Hall–Kier alpha value is -1.78. The summed E-state index contributed by atoms with van der Waals surface area (Å²) in [7, 11) is 0. The molecule has 5 nitrogen and oxygen atoms in total. The maximum Gasteiger partial charge on any atom is 0.133 e. The SMILES string of the molecule is Nc1cnn(Cn2cccn2)c1. The molecule has 12 heavy (non-hydrogen) atoms. The van der Waals surface area contributed by atoms with Gasteiger partial charge in [0.05, 0.1) is 18.1 Å². The lowest BCUT2D eigenvalue weighted by atomic mass is 10.6. The number of hydrogen-bond donors (Lipinski definition) is 1. The van der Waals surface area contributed by atoms with Gasteiger partial charge in [0.2, 0.25) is 0 Å². The van der Waals surface area contributed by atoms with Crippen LogP contribution in [0.15, 0.2) is 30.9 Å². The Balaban J connectivity index is 2.14. The van der Waals surface area contributed by atoms with Gasteiger partial charge in [-0.15, -0.1) is 0 Å². The van der Waals surface area contributed by atoms with Crippen LogP contribution in [0.5, 0.6) is 0 Å². The van der Waals surface area contributed by atoms with Gasteiger partial charge < -0.3 is 5.73 Å². The number of rotatable bonds is 2. The van der Waals surface area contributed by atoms with Crippen LogP contribution in [0.3, 0.4) is 0 Å². The smallest absolute Gasteiger partial charge is 0.133 e. The van der Waals surface area contributed by atoms with E-state index in [2.05, 4.69) is 10.2 Å². The first-order valence-electron chi connectivity index (χ1n) is 3.60. The molecule has 62 valence electrons. The maximum absolute atomic E-state index is 5.49. The highest BCUT2D eigenvalue weighted by Crippen LogP contribution is 1.97. The summed E-state index contributed by atoms with van der Waals surface area (Å²) in [5.41, 5.74) is 6.16. The lowest BCUT2D eigenvalue weighted by Gasteiger charge is -1.99. The molecule has 5 heteroatoms. The quantitative estimate of drug-likeness (QED) is 0.686. The molecular formula is C7H9N5. The van der Waals surface area contributed by atoms with Crippen molar-refractivity contribution in [3.05, 3.63) is 30.9 Å². The second-order valence-electron chi connectivity index (χ2n) is 2.50. The van der Waals surface area contributed by atoms with Crippen LogP contribution in [0.2, 0.25) is 0 Å². The van der Waals surface area contributed by atoms with Gasteiger partial charge in [-0.25, -0.2) is 4.68 Å². The molecule has 0 aliphatic heterocycles. The first-order valence-corrected chi connectivity index (χ1v) is 3.60. The molecule has 0 aliphatic carbocycles. The van der Waals surface area contributed by atoms with E-state index in [-0.39, 0.29) is 0 Å². The zero-order chi connectivity index (χ0) is 8.39. The minimum atomic E-state index is 0.601. The van der Waals surface area contributed by atoms with Crippen molar-refractivity contribution in [2.45, 2.75) is 6.67 Å². The maximum atomic E-state index is 5.49. The van der Waals surface area contributed by atoms with Gasteiger partial charge in [0.1, 0.15) is 6.67 Å². The Morgan fingerprint density at radius 2 is 2.25 bits per heavy atom. The first kappa shape index (κ1) is 6.90. The third-order valence-corrected chi connectivity index (χ3v) is 1.50. The molecule has 0 bridgehead atoms. The van der Waals surface area contributed by atoms with E-state index in [0.717, 1.165) is 0 Å². The highest BCUT2D eigenvalue weighted by atomic mass is 15.4. The van der Waals surface area contributed by atoms with Gasteiger partial charge >= 0.3 is 0 Å². The van der Waals surface area contributed by atoms with E-state index in [1.165, 1.54) is 0 Å². The fraction of sp³-hybridized carbons (Fsp3) is 0.143. The van der Waals surface area contributed by atoms with E-state index in [1.807, 2.05) is 12.3 Å². The van der Waals surface area contributed by atoms with Crippen molar-refractivity contribution in [1.29, 1.82) is 0 Å². The predicted molar refractivity (Wildman–Crippen MR) is 44.3 cm³/mol. The molecule has 0 atom stereocenters. The van der Waals surface area contributed by atoms with Gasteiger partial charge in [-0.3, -0.25) is 4.68 Å². The molecule has 0 radical (unpaired) electrons. The zero-order valence-corrected chi connectivity index (χ0v) is 6.46. The standard InChI is InChI=1S/C7H9N5/c8-7-4-10-12(5-7)6-11-3-1-2-9-11/h1-5H,6,8H2. The van der Waals surface area contributed by atoms with Crippen LogP contribution < -0.4 is 5.73 Å². The minimum absolute atomic E-state index is 0.601. The lowest BCUT2D eigenvalue weighted by molar-refractivity contribution is 0.503. The fourth-order valence-electron chi connectivity index (χ4n) is 0.989. The van der Waals surface area contributed by atoms with E-state index >= 15 is 0 Å². The molecule has 0 saturated carbocycles. The lowest BCUT2D eigenvalue weighted by Crippen LogP contribution is -2.08. The summed E-state index contributed by atoms with van der Waals surface area (Å²) >= 11 is 0. The third kappa shape index (κ3) is 1.29. The topological polar surface area (TPSA) is 61.7 Å². The Labute approximate surface area is 69.4 Å². The summed E-state index contributed by atoms with van der Waals surface area (Å²) in [5.74, 6) is 0. The molecule has 0 aromatic carbocycles. The number of hydrogen-bond acceptors (Lipinski definition) is 3. The Morgan fingerprint density at radius 1 is 1.33 bits per heavy atom. The second kappa shape index (κ2) is 2.69. The van der Waals surface area contributed by atoms with Crippen molar-refractivity contribution in [3.8, 4) is 0 Å². The molecule has 2 aromatic heterocycles. The van der Waals surface area contributed by atoms with Gasteiger partial charge in [-0.05, 0) is 6.07 Å². The van der Waals surface area contributed by atoms with E-state index in [1.54, 1.807) is 28.0 Å². The number of anilines is 1. The molecule has 2 aromatic rings. The van der Waals surface area contributed by atoms with Gasteiger partial charge in [0.25, 0.3) is 0 Å². The van der Waals surface area contributed by atoms with Gasteiger partial charge in [0.15, 0.2) is 0 Å². The Morgan fingerprint density at radius 3 is 2.83 bits per heavy atom. The largest absolute Gasteiger partial charge is 0.396 e. The Bertz CT molecular complexity index is 348. The molecule has 0 unspecified atom stereocenters. The minimum Gasteiger partial charge on any atom is -0.396 e. The molecule has 0 amide bonds. The molecule has 0 spiro atoms. The van der Waals surface area contributed by atoms with Crippen LogP contribution in [0.25, 0.3) is 0 Å². The summed E-state index contributed by atoms with van der Waals surface area (Å²) in [4.78, 5) is 0. The van der Waals surface area contributed by atoms with Gasteiger partial charge in [0, 0.05) is 12.4 Å². The van der Waals surface area contributed by atoms with Crippen molar-refractivity contribution < 1.29 is 0 Å². The van der Waals surface area contributed by atoms with Crippen molar-refractivity contribution >= 4 is 5.69 Å². The van der Waals surface area contributed by atoms with Gasteiger partial charge in [-0.2, -0.15) is 10.2 Å². The molecule has 0 aliphatic rings. The summed E-state index contributed by atoms with van der Waals surface area (Å²) in [6, 6.07) is 1.87. The monoisotopic (exact) mass is 163 g/mol. The summed E-state index contributed by atoms with van der Waals surface area (Å²) in [6.07, 6.45) is 6.98. The van der Waals surface area contributed by atoms with Crippen molar-refractivity contribution in [3.63, 3.8) is 0 Å². The van der Waals surface area contributed by atoms with Crippen LogP contribution in [0.1, 0.15) is 0 Å². The van der Waals surface area contributed by atoms with Crippen LogP contribution in [-0.4, -0.2) is 19.6 Å². The van der Waals surface area contributed by atoms with E-state index < -0.39 is 0 Å². The van der Waals surface area contributed by atoms with E-state index in [9.17, 15) is 0 Å². The summed E-state index contributed by atoms with van der Waals surface area (Å²) in [5, 5.41) is 8.06. The van der Waals surface area contributed by atoms with Crippen molar-refractivity contribution in [2.24, 2.45) is 0 Å². The molecule has 0 fully saturated rings. The van der Waals surface area contributed by atoms with Gasteiger partial charge in [-0.1, -0.05) is 0 Å². The predicted octanol–water partition coefficient (Wildman–Crippen LogP) is 0.168. The highest BCUT2D eigenvalue weighted by molar-refractivity contribution is 5.30. The average Bonchev–Trinajstić information content (AvgIpc) is 2.63. The molecule has 2 N–H and O–H groups in total. The highest BCUT2D eigenvalue weighted by Gasteiger charge is 1.94. The molecule has 0 saturated heterocycles. The Kier molecular flexibility index (Phi) is 1.55. The van der Waals surface area contributed by atoms with Crippen LogP contribution in [0.4, 0.5) is 5.69 Å².